The molecule has 2 heteroatoms. The van der Waals surface area contributed by atoms with Crippen molar-refractivity contribution < 1.29 is 0 Å². The standard InChI is InChI=1S/C15H28N2/c1-2-11-3-5-13(9-16)15(8-11)17-10-12-4-6-14(17)7-12/h11-15H,2-10,16H2,1H3. The van der Waals surface area contributed by atoms with Gasteiger partial charge in [-0.05, 0) is 56.4 Å². The van der Waals surface area contributed by atoms with Crippen molar-refractivity contribution in [3.8, 4) is 0 Å². The molecular formula is C15H28N2. The van der Waals surface area contributed by atoms with E-state index in [0.29, 0.717) is 0 Å². The van der Waals surface area contributed by atoms with Crippen LogP contribution in [0.2, 0.25) is 0 Å². The first kappa shape index (κ1) is 12.0. The Morgan fingerprint density at radius 2 is 2.00 bits per heavy atom. The maximum atomic E-state index is 6.02. The third kappa shape index (κ3) is 2.15. The monoisotopic (exact) mass is 236 g/mol. The van der Waals surface area contributed by atoms with Gasteiger partial charge in [0.2, 0.25) is 0 Å². The first-order valence-corrected chi connectivity index (χ1v) is 7.77. The molecule has 2 N–H and O–H groups in total. The topological polar surface area (TPSA) is 29.3 Å². The van der Waals surface area contributed by atoms with Crippen LogP contribution >= 0.6 is 0 Å². The van der Waals surface area contributed by atoms with E-state index in [9.17, 15) is 0 Å². The highest BCUT2D eigenvalue weighted by atomic mass is 15.2. The minimum Gasteiger partial charge on any atom is -0.330 e. The van der Waals surface area contributed by atoms with E-state index >= 15 is 0 Å². The van der Waals surface area contributed by atoms with E-state index in [1.807, 2.05) is 0 Å². The lowest BCUT2D eigenvalue weighted by molar-refractivity contribution is 0.0561. The van der Waals surface area contributed by atoms with Gasteiger partial charge in [-0.3, -0.25) is 4.90 Å². The number of nitrogens with zero attached hydrogens (tertiary/aromatic N) is 1. The lowest BCUT2D eigenvalue weighted by Gasteiger charge is -2.44. The zero-order valence-electron chi connectivity index (χ0n) is 11.3. The van der Waals surface area contributed by atoms with E-state index in [1.54, 1.807) is 0 Å². The fourth-order valence-corrected chi connectivity index (χ4v) is 4.71. The largest absolute Gasteiger partial charge is 0.330 e. The second kappa shape index (κ2) is 4.89. The van der Waals surface area contributed by atoms with Crippen molar-refractivity contribution in [3.05, 3.63) is 0 Å². The molecule has 0 amide bonds. The molecule has 2 bridgehead atoms. The van der Waals surface area contributed by atoms with Crippen LogP contribution in [0.5, 0.6) is 0 Å². The molecule has 3 fully saturated rings. The smallest absolute Gasteiger partial charge is 0.0141 e. The molecule has 0 aromatic rings. The van der Waals surface area contributed by atoms with Crippen LogP contribution in [0.1, 0.15) is 51.9 Å². The van der Waals surface area contributed by atoms with Crippen molar-refractivity contribution >= 4 is 0 Å². The van der Waals surface area contributed by atoms with Crippen LogP contribution in [0.15, 0.2) is 0 Å². The van der Waals surface area contributed by atoms with Crippen molar-refractivity contribution in [3.63, 3.8) is 0 Å². The average molecular weight is 236 g/mol. The fraction of sp³-hybridized carbons (Fsp3) is 1.00. The predicted octanol–water partition coefficient (Wildman–Crippen LogP) is 2.62. The molecule has 3 aliphatic rings. The van der Waals surface area contributed by atoms with Crippen molar-refractivity contribution in [2.24, 2.45) is 23.5 Å². The minimum atomic E-state index is 0.789. The molecule has 98 valence electrons. The van der Waals surface area contributed by atoms with Gasteiger partial charge in [-0.25, -0.2) is 0 Å². The number of likely N-dealkylation sites (tertiary alicyclic amines) is 1. The molecule has 3 rings (SSSR count). The minimum absolute atomic E-state index is 0.789. The van der Waals surface area contributed by atoms with E-state index < -0.39 is 0 Å². The Kier molecular flexibility index (Phi) is 3.45. The van der Waals surface area contributed by atoms with Gasteiger partial charge in [0.25, 0.3) is 0 Å². The first-order valence-electron chi connectivity index (χ1n) is 7.77. The van der Waals surface area contributed by atoms with Crippen molar-refractivity contribution in [2.75, 3.05) is 13.1 Å². The van der Waals surface area contributed by atoms with Crippen LogP contribution in [0, 0.1) is 17.8 Å². The van der Waals surface area contributed by atoms with E-state index in [0.717, 1.165) is 36.4 Å². The summed E-state index contributed by atoms with van der Waals surface area (Å²) in [5.41, 5.74) is 6.02. The summed E-state index contributed by atoms with van der Waals surface area (Å²) in [6.45, 7) is 4.66. The Bertz CT molecular complexity index is 266. The maximum Gasteiger partial charge on any atom is 0.0141 e. The summed E-state index contributed by atoms with van der Waals surface area (Å²) in [7, 11) is 0. The quantitative estimate of drug-likeness (QED) is 0.816. The zero-order chi connectivity index (χ0) is 11.8. The van der Waals surface area contributed by atoms with Gasteiger partial charge in [0.1, 0.15) is 0 Å². The zero-order valence-corrected chi connectivity index (χ0v) is 11.3. The Labute approximate surface area is 106 Å². The maximum absolute atomic E-state index is 6.02. The van der Waals surface area contributed by atoms with Crippen LogP contribution in [0.3, 0.4) is 0 Å². The molecule has 1 heterocycles. The Morgan fingerprint density at radius 1 is 1.12 bits per heavy atom. The SMILES string of the molecule is CCC1CCC(CN)C(N2CC3CCC2C3)C1. The van der Waals surface area contributed by atoms with Gasteiger partial charge in [0.05, 0.1) is 0 Å². The van der Waals surface area contributed by atoms with Gasteiger partial charge in [0, 0.05) is 18.6 Å². The molecule has 0 aromatic heterocycles. The summed E-state index contributed by atoms with van der Waals surface area (Å²) in [5, 5.41) is 0. The van der Waals surface area contributed by atoms with Crippen LogP contribution in [-0.2, 0) is 0 Å². The Balaban J connectivity index is 1.69. The molecule has 2 nitrogen and oxygen atoms in total. The Morgan fingerprint density at radius 3 is 2.59 bits per heavy atom. The molecule has 2 saturated carbocycles. The molecule has 2 aliphatic carbocycles. The van der Waals surface area contributed by atoms with Gasteiger partial charge in [-0.15, -0.1) is 0 Å². The van der Waals surface area contributed by atoms with E-state index in [1.165, 1.54) is 51.5 Å². The number of fused-ring (bicyclic) bond motifs is 2. The molecule has 5 atom stereocenters. The molecular weight excluding hydrogens is 208 g/mol. The van der Waals surface area contributed by atoms with Gasteiger partial charge in [-0.1, -0.05) is 19.8 Å². The fourth-order valence-electron chi connectivity index (χ4n) is 4.71. The molecule has 0 spiro atoms. The van der Waals surface area contributed by atoms with Crippen LogP contribution in [-0.4, -0.2) is 30.1 Å². The summed E-state index contributed by atoms with van der Waals surface area (Å²) in [4.78, 5) is 2.87. The third-order valence-electron chi connectivity index (χ3n) is 5.82. The van der Waals surface area contributed by atoms with Crippen LogP contribution in [0.4, 0.5) is 0 Å². The number of piperidine rings is 1. The van der Waals surface area contributed by atoms with E-state index in [2.05, 4.69) is 11.8 Å². The lowest BCUT2D eigenvalue weighted by Crippen LogP contribution is -2.49. The summed E-state index contributed by atoms with van der Waals surface area (Å²) in [6, 6.07) is 1.75. The number of hydrogen-bond donors (Lipinski definition) is 1. The second-order valence-corrected chi connectivity index (χ2v) is 6.68. The third-order valence-corrected chi connectivity index (χ3v) is 5.82. The molecule has 17 heavy (non-hydrogen) atoms. The van der Waals surface area contributed by atoms with Crippen molar-refractivity contribution in [1.29, 1.82) is 0 Å². The summed E-state index contributed by atoms with van der Waals surface area (Å²) >= 11 is 0. The molecule has 5 unspecified atom stereocenters. The van der Waals surface area contributed by atoms with Gasteiger partial charge >= 0.3 is 0 Å². The van der Waals surface area contributed by atoms with Gasteiger partial charge < -0.3 is 5.73 Å². The van der Waals surface area contributed by atoms with Crippen LogP contribution < -0.4 is 5.73 Å². The van der Waals surface area contributed by atoms with E-state index in [-0.39, 0.29) is 0 Å². The van der Waals surface area contributed by atoms with Crippen molar-refractivity contribution in [1.82, 2.24) is 4.90 Å². The molecule has 0 aromatic carbocycles. The van der Waals surface area contributed by atoms with Gasteiger partial charge in [0.15, 0.2) is 0 Å². The summed E-state index contributed by atoms with van der Waals surface area (Å²) in [6.07, 6.45) is 10.1. The van der Waals surface area contributed by atoms with Crippen molar-refractivity contribution in [2.45, 2.75) is 64.0 Å². The number of nitrogens with two attached hydrogens (primary N) is 1. The molecule has 1 aliphatic heterocycles. The number of rotatable bonds is 3. The molecule has 0 radical (unpaired) electrons. The average Bonchev–Trinajstić information content (AvgIpc) is 3.00. The normalized spacial score (nSPS) is 46.6. The number of hydrogen-bond acceptors (Lipinski definition) is 2. The highest BCUT2D eigenvalue weighted by Gasteiger charge is 2.44. The van der Waals surface area contributed by atoms with Gasteiger partial charge in [-0.2, -0.15) is 0 Å². The predicted molar refractivity (Wildman–Crippen MR) is 71.8 cm³/mol. The molecule has 1 saturated heterocycles. The second-order valence-electron chi connectivity index (χ2n) is 6.68. The summed E-state index contributed by atoms with van der Waals surface area (Å²) in [5.74, 6) is 2.79. The highest BCUT2D eigenvalue weighted by Crippen LogP contribution is 2.43. The lowest BCUT2D eigenvalue weighted by atomic mass is 9.76. The highest BCUT2D eigenvalue weighted by molar-refractivity contribution is 4.98. The summed E-state index contributed by atoms with van der Waals surface area (Å²) < 4.78 is 0. The Hall–Kier alpha value is -0.0800. The van der Waals surface area contributed by atoms with Crippen LogP contribution in [0.25, 0.3) is 0 Å². The first-order chi connectivity index (χ1) is 8.31. The van der Waals surface area contributed by atoms with E-state index in [4.69, 9.17) is 5.73 Å².